The van der Waals surface area contributed by atoms with Gasteiger partial charge < -0.3 is 78.7 Å². The zero-order valence-corrected chi connectivity index (χ0v) is 22.5. The average Bonchev–Trinajstić information content (AvgIpc) is 2.89. The number of hydrogen-bond donors (Lipinski definition) is 11. The molecule has 3 rings (SSSR count). The molecule has 14 atom stereocenters. The number of likely N-dealkylation sites (N-methyl/N-ethyl adjacent to an activating group) is 1. The maximum Gasteiger partial charge on any atom is 0.250 e. The van der Waals surface area contributed by atoms with Crippen LogP contribution in [0.15, 0.2) is 0 Å². The highest BCUT2D eigenvalue weighted by atomic mass is 16.7. The maximum atomic E-state index is 12.7. The number of aliphatic hydroxyl groups excluding tert-OH is 3. The minimum absolute atomic E-state index is 0.0426. The second kappa shape index (κ2) is 13.7. The number of nitrogens with two attached hydrogens (primary N) is 5. The van der Waals surface area contributed by atoms with Crippen molar-refractivity contribution < 1.29 is 44.2 Å². The predicted molar refractivity (Wildman–Crippen MR) is 137 cm³/mol. The summed E-state index contributed by atoms with van der Waals surface area (Å²) in [6.45, 7) is 1.44. The van der Waals surface area contributed by atoms with Crippen molar-refractivity contribution >= 4 is 5.91 Å². The molecule has 16 heteroatoms. The van der Waals surface area contributed by atoms with Gasteiger partial charge in [0.25, 0.3) is 5.91 Å². The quantitative estimate of drug-likeness (QED) is 0.117. The molecule has 1 saturated carbocycles. The van der Waals surface area contributed by atoms with E-state index >= 15 is 0 Å². The molecule has 3 fully saturated rings. The molecule has 39 heavy (non-hydrogen) atoms. The summed E-state index contributed by atoms with van der Waals surface area (Å²) >= 11 is 0. The molecule has 2 aliphatic heterocycles. The minimum Gasteiger partial charge on any atom is -0.388 e. The van der Waals surface area contributed by atoms with Crippen LogP contribution in [-0.2, 0) is 23.7 Å². The lowest BCUT2D eigenvalue weighted by atomic mass is 9.83. The molecule has 0 spiro atoms. The first-order valence-corrected chi connectivity index (χ1v) is 13.3. The Hall–Kier alpha value is -1.09. The van der Waals surface area contributed by atoms with E-state index in [1.807, 2.05) is 0 Å². The summed E-state index contributed by atoms with van der Waals surface area (Å²) in [5.41, 5.74) is 28.1. The molecular formula is C23H47N7O9. The largest absolute Gasteiger partial charge is 0.388 e. The van der Waals surface area contributed by atoms with Crippen LogP contribution in [0.25, 0.3) is 0 Å². The van der Waals surface area contributed by atoms with E-state index in [9.17, 15) is 25.2 Å². The van der Waals surface area contributed by atoms with Crippen molar-refractivity contribution in [3.63, 3.8) is 0 Å². The zero-order chi connectivity index (χ0) is 29.1. The molecule has 0 aromatic heterocycles. The van der Waals surface area contributed by atoms with E-state index in [-0.39, 0.29) is 32.2 Å². The summed E-state index contributed by atoms with van der Waals surface area (Å²) in [6.07, 6.45) is -7.88. The summed E-state index contributed by atoms with van der Waals surface area (Å²) in [4.78, 5) is 12.7. The van der Waals surface area contributed by atoms with E-state index in [1.165, 1.54) is 6.92 Å². The molecule has 0 aromatic carbocycles. The van der Waals surface area contributed by atoms with Crippen molar-refractivity contribution in [1.82, 2.24) is 10.6 Å². The summed E-state index contributed by atoms with van der Waals surface area (Å²) in [5, 5.41) is 48.6. The minimum atomic E-state index is -1.62. The molecule has 16 nitrogen and oxygen atoms in total. The molecule has 228 valence electrons. The first kappa shape index (κ1) is 32.4. The van der Waals surface area contributed by atoms with Crippen LogP contribution in [0.4, 0.5) is 0 Å². The van der Waals surface area contributed by atoms with Gasteiger partial charge in [-0.2, -0.15) is 0 Å². The molecule has 1 amide bonds. The third-order valence-corrected chi connectivity index (χ3v) is 7.78. The molecule has 0 aromatic rings. The Bertz CT molecular complexity index is 799. The monoisotopic (exact) mass is 565 g/mol. The molecule has 3 aliphatic rings. The Balaban J connectivity index is 1.83. The molecule has 7 unspecified atom stereocenters. The van der Waals surface area contributed by atoms with E-state index < -0.39 is 84.8 Å². The third-order valence-electron chi connectivity index (χ3n) is 7.78. The van der Waals surface area contributed by atoms with Crippen LogP contribution in [0.5, 0.6) is 0 Å². The van der Waals surface area contributed by atoms with Crippen molar-refractivity contribution in [2.45, 2.75) is 111 Å². The molecule has 0 bridgehead atoms. The van der Waals surface area contributed by atoms with Gasteiger partial charge >= 0.3 is 0 Å². The number of nitrogens with one attached hydrogen (secondary N) is 2. The van der Waals surface area contributed by atoms with E-state index in [2.05, 4.69) is 10.6 Å². The van der Waals surface area contributed by atoms with Crippen LogP contribution in [-0.4, -0.2) is 138 Å². The molecule has 1 aliphatic carbocycles. The van der Waals surface area contributed by atoms with Gasteiger partial charge in [0.1, 0.15) is 36.1 Å². The Labute approximate surface area is 227 Å². The first-order chi connectivity index (χ1) is 18.3. The lowest BCUT2D eigenvalue weighted by Crippen LogP contribution is -2.70. The van der Waals surface area contributed by atoms with Crippen LogP contribution in [0, 0.1) is 0 Å². The molecular weight excluding hydrogens is 518 g/mol. The number of carbonyl (C=O) groups excluding carboxylic acids is 1. The van der Waals surface area contributed by atoms with Crippen LogP contribution in [0.3, 0.4) is 0 Å². The van der Waals surface area contributed by atoms with Gasteiger partial charge in [0.2, 0.25) is 0 Å². The number of ether oxygens (including phenoxy) is 4. The number of aliphatic hydroxyl groups is 4. The van der Waals surface area contributed by atoms with E-state index in [1.54, 1.807) is 7.05 Å². The van der Waals surface area contributed by atoms with Gasteiger partial charge in [-0.05, 0) is 33.2 Å². The Morgan fingerprint density at radius 2 is 1.77 bits per heavy atom. The van der Waals surface area contributed by atoms with Gasteiger partial charge in [-0.25, -0.2) is 0 Å². The third kappa shape index (κ3) is 7.41. The Kier molecular flexibility index (Phi) is 11.4. The van der Waals surface area contributed by atoms with Crippen LogP contribution in [0.1, 0.15) is 26.2 Å². The van der Waals surface area contributed by atoms with Crippen molar-refractivity contribution in [2.75, 3.05) is 26.7 Å². The Morgan fingerprint density at radius 3 is 2.38 bits per heavy atom. The fraction of sp³-hybridized carbons (Fsp3) is 0.957. The fourth-order valence-corrected chi connectivity index (χ4v) is 5.38. The van der Waals surface area contributed by atoms with Gasteiger partial charge in [0.15, 0.2) is 12.6 Å². The van der Waals surface area contributed by atoms with Crippen molar-refractivity contribution in [1.29, 1.82) is 0 Å². The SMILES string of the molecule is CN[C@@H]1C(O)[C@@H](OC2C(O)C(O[C@H]3O[C@H](CN)CCC3N)[C@@H](N)C[C@H]2NC(=O)[C@@H](O)C(N)CN)OCC1(C)O. The smallest absolute Gasteiger partial charge is 0.250 e. The van der Waals surface area contributed by atoms with Crippen LogP contribution >= 0.6 is 0 Å². The second-order valence-electron chi connectivity index (χ2n) is 10.9. The van der Waals surface area contributed by atoms with Gasteiger partial charge in [-0.3, -0.25) is 4.79 Å². The van der Waals surface area contributed by atoms with Crippen LogP contribution in [0.2, 0.25) is 0 Å². The number of hydrogen-bond acceptors (Lipinski definition) is 15. The van der Waals surface area contributed by atoms with E-state index in [0.29, 0.717) is 12.8 Å². The summed E-state index contributed by atoms with van der Waals surface area (Å²) in [6, 6.07) is -4.11. The van der Waals surface area contributed by atoms with Gasteiger partial charge in [-0.1, -0.05) is 0 Å². The zero-order valence-electron chi connectivity index (χ0n) is 22.5. The highest BCUT2D eigenvalue weighted by molar-refractivity contribution is 5.81. The van der Waals surface area contributed by atoms with E-state index in [4.69, 9.17) is 47.6 Å². The predicted octanol–water partition coefficient (Wildman–Crippen LogP) is -6.17. The normalized spacial score (nSPS) is 44.9. The topological polar surface area (TPSA) is 289 Å². The lowest BCUT2D eigenvalue weighted by molar-refractivity contribution is -0.307. The maximum absolute atomic E-state index is 12.7. The van der Waals surface area contributed by atoms with Crippen molar-refractivity contribution in [3.8, 4) is 0 Å². The van der Waals surface area contributed by atoms with E-state index in [0.717, 1.165) is 0 Å². The highest BCUT2D eigenvalue weighted by Crippen LogP contribution is 2.32. The summed E-state index contributed by atoms with van der Waals surface area (Å²) in [5.74, 6) is -0.838. The Morgan fingerprint density at radius 1 is 1.10 bits per heavy atom. The fourth-order valence-electron chi connectivity index (χ4n) is 5.38. The summed E-state index contributed by atoms with van der Waals surface area (Å²) in [7, 11) is 1.57. The lowest BCUT2D eigenvalue weighted by Gasteiger charge is -2.49. The number of carbonyl (C=O) groups is 1. The molecule has 16 N–H and O–H groups in total. The average molecular weight is 566 g/mol. The standard InChI is InChI=1S/C23H47N7O9/c1-23(35)8-36-22(16(33)19(23)29-2)39-18-13(30-20(34)14(31)12(28)7-25)5-11(27)17(15(18)32)38-21-10(26)4-3-9(6-24)37-21/h9-19,21-22,29,31-33,35H,3-8,24-28H2,1-2H3,(H,30,34)/t9-,10?,11-,12?,13+,14-,15?,16?,17?,18?,19+,21+,22+,23?/m0/s1. The van der Waals surface area contributed by atoms with Gasteiger partial charge in [0, 0.05) is 19.1 Å². The summed E-state index contributed by atoms with van der Waals surface area (Å²) < 4.78 is 23.6. The molecule has 0 radical (unpaired) electrons. The van der Waals surface area contributed by atoms with Crippen molar-refractivity contribution in [3.05, 3.63) is 0 Å². The first-order valence-electron chi connectivity index (χ1n) is 13.3. The number of amides is 1. The van der Waals surface area contributed by atoms with Gasteiger partial charge in [-0.15, -0.1) is 0 Å². The van der Waals surface area contributed by atoms with Crippen molar-refractivity contribution in [2.24, 2.45) is 28.7 Å². The van der Waals surface area contributed by atoms with Gasteiger partial charge in [0.05, 0.1) is 36.9 Å². The highest BCUT2D eigenvalue weighted by Gasteiger charge is 2.52. The molecule has 2 heterocycles. The number of rotatable bonds is 10. The van der Waals surface area contributed by atoms with Crippen LogP contribution < -0.4 is 39.3 Å². The molecule has 2 saturated heterocycles. The second-order valence-corrected chi connectivity index (χ2v) is 10.9.